The molecule has 1 heterocycles. The molecule has 26 heavy (non-hydrogen) atoms. The molecule has 1 aromatic heterocycles. The lowest BCUT2D eigenvalue weighted by atomic mass is 10.0. The maximum absolute atomic E-state index is 11.5. The maximum Gasteiger partial charge on any atom is 0.295 e. The van der Waals surface area contributed by atoms with E-state index in [1.807, 2.05) is 62.4 Å². The lowest BCUT2D eigenvalue weighted by molar-refractivity contribution is -0.383. The van der Waals surface area contributed by atoms with Gasteiger partial charge in [0, 0.05) is 22.5 Å². The Morgan fingerprint density at radius 1 is 0.962 bits per heavy atom. The van der Waals surface area contributed by atoms with Gasteiger partial charge in [-0.25, -0.2) is 4.98 Å². The summed E-state index contributed by atoms with van der Waals surface area (Å²) >= 11 is 0. The summed E-state index contributed by atoms with van der Waals surface area (Å²) in [6.45, 7) is 4.06. The van der Waals surface area contributed by atoms with Crippen molar-refractivity contribution in [1.29, 1.82) is 0 Å². The molecule has 0 radical (unpaired) electrons. The molecule has 3 aromatic carbocycles. The molecule has 0 saturated carbocycles. The normalized spacial score (nSPS) is 11.0. The van der Waals surface area contributed by atoms with E-state index in [-0.39, 0.29) is 10.6 Å². The zero-order valence-corrected chi connectivity index (χ0v) is 14.5. The van der Waals surface area contributed by atoms with Crippen molar-refractivity contribution in [2.24, 2.45) is 0 Å². The molecule has 4 rings (SSSR count). The number of fused-ring (bicyclic) bond motifs is 2. The van der Waals surface area contributed by atoms with Crippen molar-refractivity contribution >= 4 is 38.9 Å². The molecule has 4 aromatic rings. The zero-order chi connectivity index (χ0) is 18.3. The van der Waals surface area contributed by atoms with Crippen LogP contribution in [0, 0.1) is 24.0 Å². The van der Waals surface area contributed by atoms with Gasteiger partial charge in [-0.15, -0.1) is 0 Å². The maximum atomic E-state index is 11.5. The van der Waals surface area contributed by atoms with Crippen LogP contribution in [0.3, 0.4) is 0 Å². The summed E-state index contributed by atoms with van der Waals surface area (Å²) in [5.41, 5.74) is 5.16. The number of pyridine rings is 1. The Labute approximate surface area is 150 Å². The summed E-state index contributed by atoms with van der Waals surface area (Å²) in [4.78, 5) is 15.7. The highest BCUT2D eigenvalue weighted by molar-refractivity contribution is 6.11. The number of nitrogens with one attached hydrogen (secondary N) is 1. The van der Waals surface area contributed by atoms with Crippen LogP contribution in [-0.2, 0) is 0 Å². The van der Waals surface area contributed by atoms with Crippen molar-refractivity contribution in [2.45, 2.75) is 13.8 Å². The van der Waals surface area contributed by atoms with Gasteiger partial charge in [0.15, 0.2) is 5.52 Å². The Bertz CT molecular complexity index is 1150. The largest absolute Gasteiger partial charge is 0.354 e. The quantitative estimate of drug-likeness (QED) is 0.296. The minimum atomic E-state index is -0.382. The van der Waals surface area contributed by atoms with E-state index in [2.05, 4.69) is 10.3 Å². The molecule has 5 nitrogen and oxygen atoms in total. The number of hydrogen-bond donors (Lipinski definition) is 1. The van der Waals surface area contributed by atoms with Crippen LogP contribution in [0.25, 0.3) is 21.8 Å². The number of benzene rings is 3. The van der Waals surface area contributed by atoms with E-state index >= 15 is 0 Å². The van der Waals surface area contributed by atoms with Gasteiger partial charge in [0.1, 0.15) is 0 Å². The fourth-order valence-electron chi connectivity index (χ4n) is 3.23. The number of aryl methyl sites for hydroxylation is 2. The van der Waals surface area contributed by atoms with Gasteiger partial charge >= 0.3 is 0 Å². The smallest absolute Gasteiger partial charge is 0.295 e. The molecule has 128 valence electrons. The van der Waals surface area contributed by atoms with Crippen LogP contribution in [-0.4, -0.2) is 9.91 Å². The number of rotatable bonds is 3. The van der Waals surface area contributed by atoms with Gasteiger partial charge in [-0.05, 0) is 37.6 Å². The highest BCUT2D eigenvalue weighted by Crippen LogP contribution is 2.37. The molecule has 5 heteroatoms. The Morgan fingerprint density at radius 3 is 2.42 bits per heavy atom. The van der Waals surface area contributed by atoms with Crippen molar-refractivity contribution in [3.05, 3.63) is 81.9 Å². The van der Waals surface area contributed by atoms with Crippen molar-refractivity contribution in [2.75, 3.05) is 5.32 Å². The number of hydrogen-bond acceptors (Lipinski definition) is 4. The Hall–Kier alpha value is -3.47. The van der Waals surface area contributed by atoms with Gasteiger partial charge in [0.25, 0.3) is 5.69 Å². The molecular formula is C21H17N3O2. The first-order valence-electron chi connectivity index (χ1n) is 8.35. The second-order valence-electron chi connectivity index (χ2n) is 6.38. The Balaban J connectivity index is 2.07. The highest BCUT2D eigenvalue weighted by Gasteiger charge is 2.18. The van der Waals surface area contributed by atoms with Crippen molar-refractivity contribution in [1.82, 2.24) is 4.98 Å². The molecular weight excluding hydrogens is 326 g/mol. The minimum Gasteiger partial charge on any atom is -0.354 e. The summed E-state index contributed by atoms with van der Waals surface area (Å²) in [7, 11) is 0. The first kappa shape index (κ1) is 16.0. The van der Waals surface area contributed by atoms with Gasteiger partial charge in [-0.1, -0.05) is 42.0 Å². The summed E-state index contributed by atoms with van der Waals surface area (Å²) in [5, 5.41) is 16.6. The molecule has 0 spiro atoms. The van der Waals surface area contributed by atoms with Gasteiger partial charge < -0.3 is 5.32 Å². The van der Waals surface area contributed by atoms with E-state index in [0.29, 0.717) is 5.52 Å². The van der Waals surface area contributed by atoms with Crippen LogP contribution in [0.15, 0.2) is 60.7 Å². The predicted molar refractivity (Wildman–Crippen MR) is 105 cm³/mol. The van der Waals surface area contributed by atoms with Crippen molar-refractivity contribution in [3.8, 4) is 0 Å². The number of para-hydroxylation sites is 1. The zero-order valence-electron chi connectivity index (χ0n) is 14.5. The molecule has 1 N–H and O–H groups in total. The number of nitrogens with zero attached hydrogens (tertiary/aromatic N) is 2. The number of nitro groups is 1. The van der Waals surface area contributed by atoms with Crippen LogP contribution < -0.4 is 5.32 Å². The fraction of sp³-hybridized carbons (Fsp3) is 0.0952. The molecule has 0 unspecified atom stereocenters. The molecule has 0 fully saturated rings. The fourth-order valence-corrected chi connectivity index (χ4v) is 3.23. The van der Waals surface area contributed by atoms with E-state index in [1.54, 1.807) is 6.07 Å². The van der Waals surface area contributed by atoms with Crippen LogP contribution in [0.4, 0.5) is 17.1 Å². The molecule has 0 aliphatic heterocycles. The third-order valence-corrected chi connectivity index (χ3v) is 4.53. The van der Waals surface area contributed by atoms with E-state index < -0.39 is 0 Å². The summed E-state index contributed by atoms with van der Waals surface area (Å²) in [6, 6.07) is 19.0. The molecule has 0 saturated heterocycles. The summed E-state index contributed by atoms with van der Waals surface area (Å²) in [5.74, 6) is 0. The van der Waals surface area contributed by atoms with Gasteiger partial charge in [0.2, 0.25) is 0 Å². The molecule has 0 aliphatic carbocycles. The minimum absolute atomic E-state index is 0.0119. The van der Waals surface area contributed by atoms with E-state index in [0.717, 1.165) is 33.2 Å². The van der Waals surface area contributed by atoms with Crippen LogP contribution in [0.1, 0.15) is 11.1 Å². The third-order valence-electron chi connectivity index (χ3n) is 4.53. The van der Waals surface area contributed by atoms with Gasteiger partial charge in [-0.3, -0.25) is 10.1 Å². The first-order valence-corrected chi connectivity index (χ1v) is 8.35. The van der Waals surface area contributed by atoms with Crippen LogP contribution in [0.5, 0.6) is 0 Å². The lowest BCUT2D eigenvalue weighted by Gasteiger charge is -2.15. The van der Waals surface area contributed by atoms with Gasteiger partial charge in [0.05, 0.1) is 16.1 Å². The number of anilines is 2. The van der Waals surface area contributed by atoms with E-state index in [1.165, 1.54) is 11.6 Å². The molecule has 0 atom stereocenters. The van der Waals surface area contributed by atoms with Crippen molar-refractivity contribution in [3.63, 3.8) is 0 Å². The SMILES string of the molecule is Cc1ccc(Nc2c3cccc([N+](=O)[O-])c3nc3cccc(C)c23)cc1. The average Bonchev–Trinajstić information content (AvgIpc) is 2.63. The summed E-state index contributed by atoms with van der Waals surface area (Å²) < 4.78 is 0. The number of non-ortho nitro benzene ring substituents is 1. The topological polar surface area (TPSA) is 68.1 Å². The average molecular weight is 343 g/mol. The third kappa shape index (κ3) is 2.63. The first-order chi connectivity index (χ1) is 12.5. The Morgan fingerprint density at radius 2 is 1.69 bits per heavy atom. The lowest BCUT2D eigenvalue weighted by Crippen LogP contribution is -1.99. The number of aromatic nitrogens is 1. The Kier molecular flexibility index (Phi) is 3.77. The second kappa shape index (κ2) is 6.11. The molecule has 0 bridgehead atoms. The monoisotopic (exact) mass is 343 g/mol. The van der Waals surface area contributed by atoms with Crippen LogP contribution in [0.2, 0.25) is 0 Å². The molecule has 0 aliphatic rings. The molecule has 0 amide bonds. The standard InChI is InChI=1S/C21H17N3O2/c1-13-9-11-15(12-10-13)22-21-16-6-4-8-18(24(25)26)20(16)23-17-7-3-5-14(2)19(17)21/h3-12H,1-2H3,(H,22,23). The van der Waals surface area contributed by atoms with Crippen LogP contribution >= 0.6 is 0 Å². The van der Waals surface area contributed by atoms with Gasteiger partial charge in [-0.2, -0.15) is 0 Å². The highest BCUT2D eigenvalue weighted by atomic mass is 16.6. The van der Waals surface area contributed by atoms with Crippen molar-refractivity contribution < 1.29 is 4.92 Å². The predicted octanol–water partition coefficient (Wildman–Crippen LogP) is 5.66. The number of nitro benzene ring substituents is 1. The van der Waals surface area contributed by atoms with E-state index in [4.69, 9.17) is 0 Å². The summed E-state index contributed by atoms with van der Waals surface area (Å²) in [6.07, 6.45) is 0. The van der Waals surface area contributed by atoms with E-state index in [9.17, 15) is 10.1 Å². The second-order valence-corrected chi connectivity index (χ2v) is 6.38.